The van der Waals surface area contributed by atoms with Crippen LogP contribution in [0.3, 0.4) is 0 Å². The average Bonchev–Trinajstić information content (AvgIpc) is 2.34. The molecule has 1 aromatic carbocycles. The van der Waals surface area contributed by atoms with Crippen molar-refractivity contribution in [2.45, 2.75) is 25.8 Å². The fourth-order valence-electron chi connectivity index (χ4n) is 2.12. The van der Waals surface area contributed by atoms with Crippen LogP contribution in [0, 0.1) is 17.6 Å². The average molecular weight is 254 g/mol. The summed E-state index contributed by atoms with van der Waals surface area (Å²) in [4.78, 5) is 11.9. The number of anilines is 1. The van der Waals surface area contributed by atoms with Gasteiger partial charge in [0, 0.05) is 6.07 Å². The van der Waals surface area contributed by atoms with Crippen molar-refractivity contribution in [3.63, 3.8) is 0 Å². The first-order chi connectivity index (χ1) is 8.56. The number of hydrogen-bond acceptors (Lipinski definition) is 2. The Morgan fingerprint density at radius 3 is 2.94 bits per heavy atom. The van der Waals surface area contributed by atoms with Crippen molar-refractivity contribution in [3.8, 4) is 0 Å². The van der Waals surface area contributed by atoms with Gasteiger partial charge in [-0.3, -0.25) is 4.79 Å². The summed E-state index contributed by atoms with van der Waals surface area (Å²) in [6.45, 7) is 2.84. The second kappa shape index (κ2) is 5.44. The molecule has 1 aliphatic rings. The Bertz CT molecular complexity index is 451. The summed E-state index contributed by atoms with van der Waals surface area (Å²) in [5.41, 5.74) is -0.111. The summed E-state index contributed by atoms with van der Waals surface area (Å²) in [5.74, 6) is -1.06. The molecule has 1 aromatic rings. The highest BCUT2D eigenvalue weighted by molar-refractivity contribution is 5.95. The Morgan fingerprint density at radius 1 is 1.44 bits per heavy atom. The van der Waals surface area contributed by atoms with Crippen LogP contribution in [0.1, 0.15) is 19.8 Å². The molecule has 0 saturated carbocycles. The van der Waals surface area contributed by atoms with Crippen LogP contribution in [0.4, 0.5) is 14.5 Å². The molecule has 1 saturated heterocycles. The number of amides is 1. The lowest BCUT2D eigenvalue weighted by atomic mass is 9.94. The maximum atomic E-state index is 13.4. The van der Waals surface area contributed by atoms with E-state index >= 15 is 0 Å². The van der Waals surface area contributed by atoms with E-state index in [-0.39, 0.29) is 17.6 Å². The van der Waals surface area contributed by atoms with Gasteiger partial charge in [0.1, 0.15) is 11.6 Å². The lowest BCUT2D eigenvalue weighted by molar-refractivity contribution is -0.119. The van der Waals surface area contributed by atoms with Crippen LogP contribution in [0.5, 0.6) is 0 Å². The van der Waals surface area contributed by atoms with E-state index in [9.17, 15) is 13.6 Å². The minimum atomic E-state index is -0.631. The third-order valence-corrected chi connectivity index (χ3v) is 3.17. The highest BCUT2D eigenvalue weighted by Gasteiger charge is 2.25. The van der Waals surface area contributed by atoms with Crippen LogP contribution in [0.2, 0.25) is 0 Å². The van der Waals surface area contributed by atoms with Crippen LogP contribution in [0.15, 0.2) is 18.2 Å². The number of benzene rings is 1. The first-order valence-electron chi connectivity index (χ1n) is 6.05. The Morgan fingerprint density at radius 2 is 2.22 bits per heavy atom. The lowest BCUT2D eigenvalue weighted by Gasteiger charge is -2.27. The monoisotopic (exact) mass is 254 g/mol. The Kier molecular flexibility index (Phi) is 3.91. The molecule has 0 aliphatic carbocycles. The van der Waals surface area contributed by atoms with Crippen LogP contribution in [-0.4, -0.2) is 18.5 Å². The van der Waals surface area contributed by atoms with E-state index in [1.165, 1.54) is 0 Å². The fourth-order valence-corrected chi connectivity index (χ4v) is 2.12. The molecule has 0 bridgehead atoms. The highest BCUT2D eigenvalue weighted by Crippen LogP contribution is 2.19. The van der Waals surface area contributed by atoms with Crippen molar-refractivity contribution in [1.82, 2.24) is 5.32 Å². The van der Waals surface area contributed by atoms with Crippen LogP contribution >= 0.6 is 0 Å². The fraction of sp³-hybridized carbons (Fsp3) is 0.462. The zero-order chi connectivity index (χ0) is 13.1. The van der Waals surface area contributed by atoms with Crippen molar-refractivity contribution >= 4 is 11.6 Å². The molecule has 2 atom stereocenters. The van der Waals surface area contributed by atoms with E-state index in [1.54, 1.807) is 0 Å². The van der Waals surface area contributed by atoms with Crippen molar-refractivity contribution in [2.24, 2.45) is 5.92 Å². The number of nitrogens with one attached hydrogen (secondary N) is 2. The highest BCUT2D eigenvalue weighted by atomic mass is 19.1. The molecule has 5 heteroatoms. The van der Waals surface area contributed by atoms with E-state index in [0.29, 0.717) is 12.3 Å². The Hall–Kier alpha value is -1.49. The number of carbonyl (C=O) groups is 1. The molecular formula is C13H16F2N2O. The molecular weight excluding hydrogens is 238 g/mol. The zero-order valence-electron chi connectivity index (χ0n) is 10.2. The van der Waals surface area contributed by atoms with Gasteiger partial charge in [-0.15, -0.1) is 0 Å². The Labute approximate surface area is 105 Å². The zero-order valence-corrected chi connectivity index (χ0v) is 10.2. The van der Waals surface area contributed by atoms with Gasteiger partial charge in [0.2, 0.25) is 5.91 Å². The number of halogens is 2. The van der Waals surface area contributed by atoms with Crippen LogP contribution < -0.4 is 10.6 Å². The van der Waals surface area contributed by atoms with Gasteiger partial charge in [0.25, 0.3) is 0 Å². The summed E-state index contributed by atoms with van der Waals surface area (Å²) in [7, 11) is 0. The number of carbonyl (C=O) groups excluding carboxylic acids is 1. The number of piperidine rings is 1. The SMILES string of the molecule is CC1CCNC(C(=O)Nc2cc(F)ccc2F)C1. The number of hydrogen-bond donors (Lipinski definition) is 2. The van der Waals surface area contributed by atoms with E-state index in [1.807, 2.05) is 0 Å². The van der Waals surface area contributed by atoms with Gasteiger partial charge >= 0.3 is 0 Å². The third-order valence-electron chi connectivity index (χ3n) is 3.17. The molecule has 1 aliphatic heterocycles. The normalized spacial score (nSPS) is 23.7. The van der Waals surface area contributed by atoms with Crippen molar-refractivity contribution in [1.29, 1.82) is 0 Å². The second-order valence-electron chi connectivity index (χ2n) is 4.75. The Balaban J connectivity index is 2.04. The predicted octanol–water partition coefficient (Wildman–Crippen LogP) is 2.29. The predicted molar refractivity (Wildman–Crippen MR) is 65.2 cm³/mol. The van der Waals surface area contributed by atoms with E-state index < -0.39 is 11.6 Å². The molecule has 2 unspecified atom stereocenters. The van der Waals surface area contributed by atoms with Gasteiger partial charge in [-0.2, -0.15) is 0 Å². The molecule has 2 rings (SSSR count). The number of rotatable bonds is 2. The smallest absolute Gasteiger partial charge is 0.241 e. The van der Waals surface area contributed by atoms with Gasteiger partial charge in [0.15, 0.2) is 0 Å². The van der Waals surface area contributed by atoms with Crippen LogP contribution in [-0.2, 0) is 4.79 Å². The lowest BCUT2D eigenvalue weighted by Crippen LogP contribution is -2.45. The van der Waals surface area contributed by atoms with E-state index in [2.05, 4.69) is 17.6 Å². The molecule has 0 radical (unpaired) electrons. The standard InChI is InChI=1S/C13H16F2N2O/c1-8-4-5-16-12(6-8)13(18)17-11-7-9(14)2-3-10(11)15/h2-3,7-8,12,16H,4-6H2,1H3,(H,17,18). The first-order valence-corrected chi connectivity index (χ1v) is 6.05. The minimum Gasteiger partial charge on any atom is -0.322 e. The maximum Gasteiger partial charge on any atom is 0.241 e. The summed E-state index contributed by atoms with van der Waals surface area (Å²) in [6, 6.07) is 2.67. The molecule has 1 heterocycles. The molecule has 18 heavy (non-hydrogen) atoms. The molecule has 98 valence electrons. The van der Waals surface area contributed by atoms with Gasteiger partial charge in [-0.05, 0) is 37.4 Å². The van der Waals surface area contributed by atoms with Crippen molar-refractivity contribution in [2.75, 3.05) is 11.9 Å². The first kappa shape index (κ1) is 13.0. The largest absolute Gasteiger partial charge is 0.322 e. The topological polar surface area (TPSA) is 41.1 Å². The van der Waals surface area contributed by atoms with Gasteiger partial charge in [-0.25, -0.2) is 8.78 Å². The van der Waals surface area contributed by atoms with Gasteiger partial charge in [-0.1, -0.05) is 6.92 Å². The van der Waals surface area contributed by atoms with Crippen molar-refractivity contribution < 1.29 is 13.6 Å². The van der Waals surface area contributed by atoms with Gasteiger partial charge in [0.05, 0.1) is 11.7 Å². The van der Waals surface area contributed by atoms with Gasteiger partial charge < -0.3 is 10.6 Å². The third kappa shape index (κ3) is 3.04. The summed E-state index contributed by atoms with van der Waals surface area (Å²) in [6.07, 6.45) is 1.74. The maximum absolute atomic E-state index is 13.4. The summed E-state index contributed by atoms with van der Waals surface area (Å²) in [5, 5.41) is 5.50. The summed E-state index contributed by atoms with van der Waals surface area (Å²) >= 11 is 0. The van der Waals surface area contributed by atoms with E-state index in [4.69, 9.17) is 0 Å². The summed E-state index contributed by atoms with van der Waals surface area (Å²) < 4.78 is 26.3. The minimum absolute atomic E-state index is 0.111. The van der Waals surface area contributed by atoms with E-state index in [0.717, 1.165) is 31.2 Å². The second-order valence-corrected chi connectivity index (χ2v) is 4.75. The molecule has 2 N–H and O–H groups in total. The molecule has 0 spiro atoms. The van der Waals surface area contributed by atoms with Crippen molar-refractivity contribution in [3.05, 3.63) is 29.8 Å². The quantitative estimate of drug-likeness (QED) is 0.850. The molecule has 3 nitrogen and oxygen atoms in total. The molecule has 1 amide bonds. The molecule has 1 fully saturated rings. The molecule has 0 aromatic heterocycles. The van der Waals surface area contributed by atoms with Crippen LogP contribution in [0.25, 0.3) is 0 Å².